The smallest absolute Gasteiger partial charge is 0.311 e. The Balaban J connectivity index is 1.35. The van der Waals surface area contributed by atoms with Crippen LogP contribution in [0.1, 0.15) is 114 Å². The lowest BCUT2D eigenvalue weighted by Crippen LogP contribution is -2.37. The molecule has 3 heterocycles. The molecular weight excluding hydrogens is 521 g/mol. The van der Waals surface area contributed by atoms with Crippen molar-refractivity contribution in [2.24, 2.45) is 10.8 Å². The molecule has 1 fully saturated rings. The SMILES string of the molecule is CCCCC(C)(C)C(=O)OCC1(CCc2c(C)nc3n(c2=O)CCCC3)CCC(c2noc3cc(F)ccc23)CC1. The summed E-state index contributed by atoms with van der Waals surface area (Å²) in [6, 6.07) is 4.58. The molecule has 1 aliphatic carbocycles. The number of carbonyl (C=O) groups is 1. The number of aryl methyl sites for hydroxylation is 2. The standard InChI is InChI=1S/C33H44FN3O4/c1-5-6-15-32(3,4)31(39)40-21-33(18-14-25-22(2)35-28-9-7-8-19-37(28)30(25)38)16-12-23(13-17-33)29-26-11-10-24(34)20-27(26)41-36-29/h10-11,20,23H,5-9,12-19,21H2,1-4H3. The summed E-state index contributed by atoms with van der Waals surface area (Å²) in [4.78, 5) is 31.5. The second-order valence-corrected chi connectivity index (χ2v) is 13.1. The summed E-state index contributed by atoms with van der Waals surface area (Å²) in [5.74, 6) is 0.600. The Morgan fingerprint density at radius 2 is 2.02 bits per heavy atom. The highest BCUT2D eigenvalue weighted by Crippen LogP contribution is 2.47. The second-order valence-electron chi connectivity index (χ2n) is 13.1. The zero-order chi connectivity index (χ0) is 29.2. The van der Waals surface area contributed by atoms with Crippen molar-refractivity contribution in [1.29, 1.82) is 0 Å². The van der Waals surface area contributed by atoms with Crippen LogP contribution in [0.25, 0.3) is 11.0 Å². The maximum Gasteiger partial charge on any atom is 0.311 e. The Morgan fingerprint density at radius 3 is 2.78 bits per heavy atom. The predicted octanol–water partition coefficient (Wildman–Crippen LogP) is 7.20. The molecule has 3 aromatic rings. The summed E-state index contributed by atoms with van der Waals surface area (Å²) in [5.41, 5.74) is 2.28. The van der Waals surface area contributed by atoms with E-state index in [1.807, 2.05) is 25.3 Å². The molecule has 0 atom stereocenters. The van der Waals surface area contributed by atoms with Gasteiger partial charge in [0.1, 0.15) is 11.6 Å². The van der Waals surface area contributed by atoms with E-state index in [2.05, 4.69) is 12.1 Å². The zero-order valence-electron chi connectivity index (χ0n) is 25.1. The van der Waals surface area contributed by atoms with Crippen molar-refractivity contribution in [2.45, 2.75) is 117 Å². The van der Waals surface area contributed by atoms with Crippen LogP contribution in [-0.4, -0.2) is 27.3 Å². The molecular formula is C33H44FN3O4. The highest BCUT2D eigenvalue weighted by atomic mass is 19.1. The molecule has 8 heteroatoms. The fraction of sp³-hybridized carbons (Fsp3) is 0.636. The molecule has 222 valence electrons. The van der Waals surface area contributed by atoms with Crippen molar-refractivity contribution in [1.82, 2.24) is 14.7 Å². The number of benzene rings is 1. The predicted molar refractivity (Wildman–Crippen MR) is 156 cm³/mol. The molecule has 1 aliphatic heterocycles. The first-order chi connectivity index (χ1) is 19.6. The molecule has 2 aliphatic rings. The summed E-state index contributed by atoms with van der Waals surface area (Å²) in [6.45, 7) is 9.10. The van der Waals surface area contributed by atoms with Crippen LogP contribution in [0, 0.1) is 23.6 Å². The van der Waals surface area contributed by atoms with E-state index in [4.69, 9.17) is 14.2 Å². The summed E-state index contributed by atoms with van der Waals surface area (Å²) in [7, 11) is 0. The first kappa shape index (κ1) is 29.5. The Bertz CT molecular complexity index is 1450. The highest BCUT2D eigenvalue weighted by molar-refractivity contribution is 5.80. The molecule has 7 nitrogen and oxygen atoms in total. The van der Waals surface area contributed by atoms with Gasteiger partial charge in [-0.15, -0.1) is 0 Å². The van der Waals surface area contributed by atoms with Crippen molar-refractivity contribution < 1.29 is 18.4 Å². The first-order valence-corrected chi connectivity index (χ1v) is 15.4. The number of fused-ring (bicyclic) bond motifs is 2. The Labute approximate surface area is 241 Å². The average Bonchev–Trinajstić information content (AvgIpc) is 3.38. The van der Waals surface area contributed by atoms with Gasteiger partial charge in [0, 0.05) is 47.0 Å². The largest absolute Gasteiger partial charge is 0.465 e. The number of rotatable bonds is 10. The molecule has 1 saturated carbocycles. The molecule has 0 radical (unpaired) electrons. The van der Waals surface area contributed by atoms with Gasteiger partial charge in [-0.1, -0.05) is 24.9 Å². The molecule has 2 aromatic heterocycles. The summed E-state index contributed by atoms with van der Waals surface area (Å²) >= 11 is 0. The van der Waals surface area contributed by atoms with Gasteiger partial charge in [0.15, 0.2) is 5.58 Å². The van der Waals surface area contributed by atoms with Crippen LogP contribution in [0.4, 0.5) is 4.39 Å². The topological polar surface area (TPSA) is 87.2 Å². The summed E-state index contributed by atoms with van der Waals surface area (Å²) < 4.78 is 27.1. The van der Waals surface area contributed by atoms with E-state index in [0.29, 0.717) is 18.6 Å². The van der Waals surface area contributed by atoms with Gasteiger partial charge < -0.3 is 9.26 Å². The quantitative estimate of drug-likeness (QED) is 0.242. The number of unbranched alkanes of at least 4 members (excludes halogenated alkanes) is 1. The van der Waals surface area contributed by atoms with Gasteiger partial charge in [-0.25, -0.2) is 9.37 Å². The third-order valence-electron chi connectivity index (χ3n) is 9.60. The van der Waals surface area contributed by atoms with Crippen LogP contribution in [-0.2, 0) is 28.9 Å². The van der Waals surface area contributed by atoms with E-state index in [1.165, 1.54) is 12.1 Å². The number of nitrogens with zero attached hydrogens (tertiary/aromatic N) is 3. The van der Waals surface area contributed by atoms with Crippen LogP contribution in [0.3, 0.4) is 0 Å². The average molecular weight is 566 g/mol. The van der Waals surface area contributed by atoms with Gasteiger partial charge in [0.05, 0.1) is 17.7 Å². The minimum atomic E-state index is -0.527. The van der Waals surface area contributed by atoms with Gasteiger partial charge in [-0.2, -0.15) is 0 Å². The van der Waals surface area contributed by atoms with Gasteiger partial charge in [0.2, 0.25) is 0 Å². The zero-order valence-corrected chi connectivity index (χ0v) is 25.1. The molecule has 0 amide bonds. The maximum absolute atomic E-state index is 13.7. The van der Waals surface area contributed by atoms with E-state index >= 15 is 0 Å². The van der Waals surface area contributed by atoms with Gasteiger partial charge in [-0.3, -0.25) is 14.2 Å². The van der Waals surface area contributed by atoms with Crippen LogP contribution in [0.15, 0.2) is 27.5 Å². The fourth-order valence-electron chi connectivity index (χ4n) is 6.74. The molecule has 5 rings (SSSR count). The number of ether oxygens (including phenoxy) is 1. The molecule has 0 spiro atoms. The van der Waals surface area contributed by atoms with E-state index in [1.54, 1.807) is 6.07 Å². The number of aromatic nitrogens is 3. The lowest BCUT2D eigenvalue weighted by molar-refractivity contribution is -0.159. The lowest BCUT2D eigenvalue weighted by Gasteiger charge is -2.40. The number of carbonyl (C=O) groups excluding carboxylic acids is 1. The molecule has 0 N–H and O–H groups in total. The minimum absolute atomic E-state index is 0.0926. The third kappa shape index (κ3) is 6.26. The maximum atomic E-state index is 13.7. The summed E-state index contributed by atoms with van der Waals surface area (Å²) in [6.07, 6.45) is 10.5. The van der Waals surface area contributed by atoms with Crippen molar-refractivity contribution in [3.05, 3.63) is 57.1 Å². The van der Waals surface area contributed by atoms with Crippen LogP contribution < -0.4 is 5.56 Å². The molecule has 0 saturated heterocycles. The van der Waals surface area contributed by atoms with Gasteiger partial charge >= 0.3 is 5.97 Å². The number of esters is 1. The van der Waals surface area contributed by atoms with Crippen molar-refractivity contribution in [2.75, 3.05) is 6.61 Å². The number of hydrogen-bond acceptors (Lipinski definition) is 6. The van der Waals surface area contributed by atoms with Crippen molar-refractivity contribution >= 4 is 16.9 Å². The molecule has 0 bridgehead atoms. The van der Waals surface area contributed by atoms with E-state index in [9.17, 15) is 14.0 Å². The van der Waals surface area contributed by atoms with Gasteiger partial charge in [0.25, 0.3) is 5.56 Å². The van der Waals surface area contributed by atoms with Crippen molar-refractivity contribution in [3.8, 4) is 0 Å². The van der Waals surface area contributed by atoms with Crippen LogP contribution in [0.5, 0.6) is 0 Å². The molecule has 0 unspecified atom stereocenters. The Kier molecular flexibility index (Phi) is 8.67. The number of hydrogen-bond donors (Lipinski definition) is 0. The van der Waals surface area contributed by atoms with E-state index in [-0.39, 0.29) is 28.7 Å². The highest BCUT2D eigenvalue weighted by Gasteiger charge is 2.40. The van der Waals surface area contributed by atoms with E-state index in [0.717, 1.165) is 105 Å². The monoisotopic (exact) mass is 565 g/mol. The second kappa shape index (κ2) is 12.1. The Hall–Kier alpha value is -3.03. The van der Waals surface area contributed by atoms with Crippen molar-refractivity contribution in [3.63, 3.8) is 0 Å². The minimum Gasteiger partial charge on any atom is -0.465 e. The van der Waals surface area contributed by atoms with Gasteiger partial charge in [-0.05, 0) is 90.7 Å². The third-order valence-corrected chi connectivity index (χ3v) is 9.60. The summed E-state index contributed by atoms with van der Waals surface area (Å²) in [5, 5.41) is 5.18. The van der Waals surface area contributed by atoms with E-state index < -0.39 is 5.41 Å². The number of halogens is 1. The molecule has 41 heavy (non-hydrogen) atoms. The van der Waals surface area contributed by atoms with Crippen LogP contribution >= 0.6 is 0 Å². The fourth-order valence-corrected chi connectivity index (χ4v) is 6.74. The normalized spacial score (nSPS) is 21.1. The molecule has 1 aromatic carbocycles. The lowest BCUT2D eigenvalue weighted by atomic mass is 9.67. The van der Waals surface area contributed by atoms with Crippen LogP contribution in [0.2, 0.25) is 0 Å². The first-order valence-electron chi connectivity index (χ1n) is 15.4. The Morgan fingerprint density at radius 1 is 1.24 bits per heavy atom.